The number of ether oxygens (including phenoxy) is 1. The lowest BCUT2D eigenvalue weighted by Crippen LogP contribution is -2.21. The van der Waals surface area contributed by atoms with E-state index in [4.69, 9.17) is 4.74 Å². The van der Waals surface area contributed by atoms with E-state index in [1.165, 1.54) is 5.01 Å². The van der Waals surface area contributed by atoms with Crippen molar-refractivity contribution in [3.05, 3.63) is 65.2 Å². The second-order valence-electron chi connectivity index (χ2n) is 5.42. The van der Waals surface area contributed by atoms with Crippen molar-refractivity contribution in [3.63, 3.8) is 0 Å². The third-order valence-corrected chi connectivity index (χ3v) is 3.79. The van der Waals surface area contributed by atoms with Gasteiger partial charge in [-0.2, -0.15) is 10.1 Å². The Balaban J connectivity index is 1.94. The summed E-state index contributed by atoms with van der Waals surface area (Å²) in [5.41, 5.74) is 4.08. The van der Waals surface area contributed by atoms with E-state index in [1.807, 2.05) is 68.5 Å². The van der Waals surface area contributed by atoms with Gasteiger partial charge in [-0.15, -0.1) is 0 Å². The smallest absolute Gasteiger partial charge is 0.280 e. The van der Waals surface area contributed by atoms with Crippen LogP contribution in [-0.4, -0.2) is 18.7 Å². The molecule has 0 spiro atoms. The van der Waals surface area contributed by atoms with Crippen molar-refractivity contribution in [2.45, 2.75) is 13.8 Å². The Morgan fingerprint density at radius 2 is 1.83 bits per heavy atom. The third-order valence-electron chi connectivity index (χ3n) is 3.79. The number of nitrogens with zero attached hydrogens (tertiary/aromatic N) is 2. The zero-order chi connectivity index (χ0) is 16.4. The van der Waals surface area contributed by atoms with Crippen LogP contribution in [-0.2, 0) is 4.79 Å². The average molecular weight is 306 g/mol. The summed E-state index contributed by atoms with van der Waals surface area (Å²) in [6, 6.07) is 15.3. The summed E-state index contributed by atoms with van der Waals surface area (Å²) in [5.74, 6) is 0.725. The Labute approximate surface area is 135 Å². The monoisotopic (exact) mass is 306 g/mol. The minimum absolute atomic E-state index is 0.109. The van der Waals surface area contributed by atoms with E-state index in [0.29, 0.717) is 11.3 Å². The zero-order valence-corrected chi connectivity index (χ0v) is 13.4. The van der Waals surface area contributed by atoms with E-state index in [1.54, 1.807) is 7.11 Å². The van der Waals surface area contributed by atoms with Gasteiger partial charge < -0.3 is 4.74 Å². The van der Waals surface area contributed by atoms with Gasteiger partial charge in [0.2, 0.25) is 0 Å². The first-order valence-electron chi connectivity index (χ1n) is 7.41. The SMILES string of the molecule is COc1ccc(/C=C2/C(=O)N(c3ccccc3)N=C2C)cc1C. The highest BCUT2D eigenvalue weighted by Crippen LogP contribution is 2.26. The Morgan fingerprint density at radius 3 is 2.48 bits per heavy atom. The number of amides is 1. The standard InChI is InChI=1S/C19H18N2O2/c1-13-11-15(9-10-18(13)23-3)12-17-14(2)20-21(19(17)22)16-7-5-4-6-8-16/h4-12H,1-3H3/b17-12+. The highest BCUT2D eigenvalue weighted by atomic mass is 16.5. The fraction of sp³-hybridized carbons (Fsp3) is 0.158. The van der Waals surface area contributed by atoms with E-state index in [0.717, 1.165) is 22.6 Å². The Kier molecular flexibility index (Phi) is 3.98. The van der Waals surface area contributed by atoms with Crippen molar-refractivity contribution in [3.8, 4) is 5.75 Å². The second-order valence-corrected chi connectivity index (χ2v) is 5.42. The number of carbonyl (C=O) groups is 1. The van der Waals surface area contributed by atoms with Crippen LogP contribution in [0.5, 0.6) is 5.75 Å². The van der Waals surface area contributed by atoms with Crippen LogP contribution in [0.15, 0.2) is 59.2 Å². The first kappa shape index (κ1) is 15.0. The van der Waals surface area contributed by atoms with Gasteiger partial charge in [-0.3, -0.25) is 4.79 Å². The topological polar surface area (TPSA) is 41.9 Å². The van der Waals surface area contributed by atoms with E-state index in [2.05, 4.69) is 5.10 Å². The van der Waals surface area contributed by atoms with Gasteiger partial charge in [0.15, 0.2) is 0 Å². The summed E-state index contributed by atoms with van der Waals surface area (Å²) in [4.78, 5) is 12.6. The van der Waals surface area contributed by atoms with Gasteiger partial charge in [-0.25, -0.2) is 0 Å². The van der Waals surface area contributed by atoms with Gasteiger partial charge in [0, 0.05) is 0 Å². The molecule has 0 N–H and O–H groups in total. The normalized spacial score (nSPS) is 16.0. The van der Waals surface area contributed by atoms with Gasteiger partial charge in [0.1, 0.15) is 5.75 Å². The number of hydrogen-bond donors (Lipinski definition) is 0. The van der Waals surface area contributed by atoms with Crippen LogP contribution >= 0.6 is 0 Å². The number of hydrogen-bond acceptors (Lipinski definition) is 3. The van der Waals surface area contributed by atoms with Crippen LogP contribution in [0.4, 0.5) is 5.69 Å². The molecule has 2 aromatic rings. The molecule has 2 aromatic carbocycles. The lowest BCUT2D eigenvalue weighted by Gasteiger charge is -2.11. The largest absolute Gasteiger partial charge is 0.496 e. The highest BCUT2D eigenvalue weighted by Gasteiger charge is 2.28. The lowest BCUT2D eigenvalue weighted by atomic mass is 10.0. The summed E-state index contributed by atoms with van der Waals surface area (Å²) < 4.78 is 5.27. The Bertz CT molecular complexity index is 807. The van der Waals surface area contributed by atoms with Crippen LogP contribution < -0.4 is 9.75 Å². The fourth-order valence-corrected chi connectivity index (χ4v) is 2.59. The van der Waals surface area contributed by atoms with E-state index < -0.39 is 0 Å². The van der Waals surface area contributed by atoms with E-state index in [-0.39, 0.29) is 5.91 Å². The molecular formula is C19H18N2O2. The van der Waals surface area contributed by atoms with Crippen molar-refractivity contribution >= 4 is 23.4 Å². The third kappa shape index (κ3) is 2.88. The average Bonchev–Trinajstić information content (AvgIpc) is 2.84. The summed E-state index contributed by atoms with van der Waals surface area (Å²) in [5, 5.41) is 5.82. The molecule has 4 nitrogen and oxygen atoms in total. The predicted molar refractivity (Wildman–Crippen MR) is 92.7 cm³/mol. The van der Waals surface area contributed by atoms with Gasteiger partial charge in [-0.1, -0.05) is 24.3 Å². The Morgan fingerprint density at radius 1 is 1.09 bits per heavy atom. The van der Waals surface area contributed by atoms with Gasteiger partial charge in [0.25, 0.3) is 5.91 Å². The van der Waals surface area contributed by atoms with Gasteiger partial charge in [-0.05, 0) is 55.3 Å². The minimum Gasteiger partial charge on any atom is -0.496 e. The second kappa shape index (κ2) is 6.08. The molecule has 1 aliphatic heterocycles. The molecule has 0 unspecified atom stereocenters. The molecule has 4 heteroatoms. The number of rotatable bonds is 3. The number of aryl methyl sites for hydroxylation is 1. The maximum atomic E-state index is 12.6. The number of anilines is 1. The quantitative estimate of drug-likeness (QED) is 0.809. The van der Waals surface area contributed by atoms with Crippen molar-refractivity contribution in [2.75, 3.05) is 12.1 Å². The van der Waals surface area contributed by atoms with Crippen LogP contribution in [0, 0.1) is 6.92 Å². The van der Waals surface area contributed by atoms with Gasteiger partial charge in [0.05, 0.1) is 24.1 Å². The molecule has 1 amide bonds. The molecule has 0 aromatic heterocycles. The van der Waals surface area contributed by atoms with Crippen LogP contribution in [0.1, 0.15) is 18.1 Å². The number of benzene rings is 2. The lowest BCUT2D eigenvalue weighted by molar-refractivity contribution is -0.114. The first-order valence-corrected chi connectivity index (χ1v) is 7.41. The number of carbonyl (C=O) groups excluding carboxylic acids is 1. The molecule has 3 rings (SSSR count). The molecule has 1 aliphatic rings. The fourth-order valence-electron chi connectivity index (χ4n) is 2.59. The summed E-state index contributed by atoms with van der Waals surface area (Å²) in [6.45, 7) is 3.83. The molecule has 0 radical (unpaired) electrons. The van der Waals surface area contributed by atoms with Crippen molar-refractivity contribution < 1.29 is 9.53 Å². The van der Waals surface area contributed by atoms with Gasteiger partial charge >= 0.3 is 0 Å². The Hall–Kier alpha value is -2.88. The van der Waals surface area contributed by atoms with Crippen molar-refractivity contribution in [1.82, 2.24) is 0 Å². The van der Waals surface area contributed by atoms with Crippen LogP contribution in [0.3, 0.4) is 0 Å². The number of para-hydroxylation sites is 1. The highest BCUT2D eigenvalue weighted by molar-refractivity contribution is 6.32. The zero-order valence-electron chi connectivity index (χ0n) is 13.4. The maximum Gasteiger partial charge on any atom is 0.280 e. The van der Waals surface area contributed by atoms with Crippen molar-refractivity contribution in [2.24, 2.45) is 5.10 Å². The molecule has 0 fully saturated rings. The van der Waals surface area contributed by atoms with E-state index in [9.17, 15) is 4.79 Å². The number of methoxy groups -OCH3 is 1. The van der Waals surface area contributed by atoms with Crippen LogP contribution in [0.2, 0.25) is 0 Å². The molecular weight excluding hydrogens is 288 g/mol. The molecule has 0 saturated carbocycles. The molecule has 0 saturated heterocycles. The summed E-state index contributed by atoms with van der Waals surface area (Å²) in [6.07, 6.45) is 1.87. The molecule has 116 valence electrons. The molecule has 0 bridgehead atoms. The van der Waals surface area contributed by atoms with Crippen LogP contribution in [0.25, 0.3) is 6.08 Å². The summed E-state index contributed by atoms with van der Waals surface area (Å²) >= 11 is 0. The minimum atomic E-state index is -0.109. The maximum absolute atomic E-state index is 12.6. The van der Waals surface area contributed by atoms with E-state index >= 15 is 0 Å². The van der Waals surface area contributed by atoms with Crippen molar-refractivity contribution in [1.29, 1.82) is 0 Å². The predicted octanol–water partition coefficient (Wildman–Crippen LogP) is 3.81. The molecule has 1 heterocycles. The molecule has 0 atom stereocenters. The molecule has 23 heavy (non-hydrogen) atoms. The first-order chi connectivity index (χ1) is 11.1. The number of hydrazone groups is 1. The molecule has 0 aliphatic carbocycles. The summed E-state index contributed by atoms with van der Waals surface area (Å²) in [7, 11) is 1.65.